The highest BCUT2D eigenvalue weighted by molar-refractivity contribution is 7.89. The van der Waals surface area contributed by atoms with Gasteiger partial charge in [-0.2, -0.15) is 4.31 Å². The summed E-state index contributed by atoms with van der Waals surface area (Å²) in [7, 11) is -5.40. The van der Waals surface area contributed by atoms with Crippen molar-refractivity contribution in [3.8, 4) is 5.75 Å². The maximum Gasteiger partial charge on any atom is 0.339 e. The summed E-state index contributed by atoms with van der Waals surface area (Å²) < 4.78 is 102. The lowest BCUT2D eigenvalue weighted by atomic mass is 9.91. The van der Waals surface area contributed by atoms with Gasteiger partial charge in [-0.25, -0.2) is 35.2 Å². The highest BCUT2D eigenvalue weighted by Gasteiger charge is 2.48. The number of carbonyl (C=O) groups excluding carboxylic acids is 1. The number of amides is 1. The second-order valence-electron chi connectivity index (χ2n) is 10.4. The third kappa shape index (κ3) is 5.62. The number of carbonyl (C=O) groups is 2. The van der Waals surface area contributed by atoms with E-state index in [1.165, 1.54) is 6.07 Å². The fourth-order valence-electron chi connectivity index (χ4n) is 5.28. The number of ether oxygens (including phenoxy) is 1. The van der Waals surface area contributed by atoms with Gasteiger partial charge in [-0.05, 0) is 48.4 Å². The van der Waals surface area contributed by atoms with Crippen molar-refractivity contribution in [1.29, 1.82) is 0 Å². The van der Waals surface area contributed by atoms with Crippen LogP contribution in [0.3, 0.4) is 0 Å². The van der Waals surface area contributed by atoms with Gasteiger partial charge in [0.2, 0.25) is 21.7 Å². The summed E-state index contributed by atoms with van der Waals surface area (Å²) in [5.74, 6) is -15.4. The monoisotopic (exact) mass is 640 g/mol. The number of carboxylic acids is 1. The minimum Gasteiger partial charge on any atom is -0.507 e. The molecular formula is C29H25F5N2O7S. The quantitative estimate of drug-likeness (QED) is 0.208. The molecule has 0 radical (unpaired) electrons. The molecule has 3 aromatic carbocycles. The molecule has 5 rings (SSSR count). The van der Waals surface area contributed by atoms with Crippen LogP contribution in [-0.4, -0.2) is 60.6 Å². The molecule has 1 atom stereocenters. The number of halogens is 5. The topological polar surface area (TPSA) is 124 Å². The number of nitrogens with zero attached hydrogens (tertiary/aromatic N) is 2. The molecule has 2 aliphatic heterocycles. The van der Waals surface area contributed by atoms with Gasteiger partial charge in [0.15, 0.2) is 28.2 Å². The smallest absolute Gasteiger partial charge is 0.339 e. The molecule has 3 aromatic rings. The normalized spacial score (nSPS) is 17.7. The number of hydrogen-bond donors (Lipinski definition) is 2. The summed E-state index contributed by atoms with van der Waals surface area (Å²) in [6.45, 7) is 0.577. The average molecular weight is 641 g/mol. The Morgan fingerprint density at radius 2 is 1.48 bits per heavy atom. The molecule has 15 heteroatoms. The molecule has 0 unspecified atom stereocenters. The van der Waals surface area contributed by atoms with E-state index in [9.17, 15) is 50.2 Å². The first-order valence-corrected chi connectivity index (χ1v) is 14.8. The Labute approximate surface area is 248 Å². The molecule has 0 saturated carbocycles. The minimum absolute atomic E-state index is 0.0357. The zero-order valence-electron chi connectivity index (χ0n) is 22.8. The van der Waals surface area contributed by atoms with Crippen LogP contribution in [0.4, 0.5) is 27.6 Å². The molecular weight excluding hydrogens is 615 g/mol. The summed E-state index contributed by atoms with van der Waals surface area (Å²) in [6.07, 6.45) is 1.49. The van der Waals surface area contributed by atoms with Gasteiger partial charge < -0.3 is 19.8 Å². The van der Waals surface area contributed by atoms with Crippen LogP contribution < -0.4 is 4.90 Å². The van der Waals surface area contributed by atoms with E-state index in [0.717, 1.165) is 35.4 Å². The maximum absolute atomic E-state index is 14.5. The summed E-state index contributed by atoms with van der Waals surface area (Å²) in [6, 6.07) is 8.81. The van der Waals surface area contributed by atoms with E-state index in [2.05, 4.69) is 0 Å². The molecule has 0 bridgehead atoms. The van der Waals surface area contributed by atoms with Crippen LogP contribution in [0, 0.1) is 29.1 Å². The Morgan fingerprint density at radius 3 is 2.00 bits per heavy atom. The minimum atomic E-state index is -5.40. The van der Waals surface area contributed by atoms with Crippen molar-refractivity contribution >= 4 is 27.6 Å². The molecule has 1 amide bonds. The lowest BCUT2D eigenvalue weighted by molar-refractivity contribution is -0.125. The number of phenols is 1. The number of anilines is 1. The molecule has 2 aliphatic rings. The van der Waals surface area contributed by atoms with Crippen LogP contribution in [0.15, 0.2) is 47.4 Å². The van der Waals surface area contributed by atoms with Gasteiger partial charge in [0, 0.05) is 31.5 Å². The largest absolute Gasteiger partial charge is 0.507 e. The number of aromatic hydroxyl groups is 1. The molecule has 2 saturated heterocycles. The second-order valence-corrected chi connectivity index (χ2v) is 12.2. The van der Waals surface area contributed by atoms with Gasteiger partial charge in [-0.1, -0.05) is 24.3 Å². The number of benzene rings is 3. The molecule has 2 fully saturated rings. The van der Waals surface area contributed by atoms with Crippen molar-refractivity contribution in [2.45, 2.75) is 42.7 Å². The first-order valence-electron chi connectivity index (χ1n) is 13.4. The van der Waals surface area contributed by atoms with Gasteiger partial charge in [-0.3, -0.25) is 4.79 Å². The fourth-order valence-corrected chi connectivity index (χ4v) is 7.02. The molecule has 234 valence electrons. The van der Waals surface area contributed by atoms with Crippen molar-refractivity contribution < 1.29 is 54.9 Å². The zero-order valence-corrected chi connectivity index (χ0v) is 23.6. The summed E-state index contributed by atoms with van der Waals surface area (Å²) in [5.41, 5.74) is 1.09. The highest BCUT2D eigenvalue weighted by atomic mass is 32.2. The van der Waals surface area contributed by atoms with E-state index in [4.69, 9.17) is 4.74 Å². The Bertz CT molecular complexity index is 1700. The molecule has 44 heavy (non-hydrogen) atoms. The summed E-state index contributed by atoms with van der Waals surface area (Å²) >= 11 is 0. The molecule has 2 heterocycles. The van der Waals surface area contributed by atoms with Crippen LogP contribution in [0.1, 0.15) is 46.7 Å². The second kappa shape index (κ2) is 12.1. The first-order chi connectivity index (χ1) is 20.8. The van der Waals surface area contributed by atoms with Crippen LogP contribution >= 0.6 is 0 Å². The van der Waals surface area contributed by atoms with Gasteiger partial charge in [-0.15, -0.1) is 0 Å². The number of aromatic carboxylic acids is 1. The van der Waals surface area contributed by atoms with Crippen molar-refractivity contribution in [2.75, 3.05) is 24.7 Å². The van der Waals surface area contributed by atoms with Crippen molar-refractivity contribution in [1.82, 2.24) is 4.31 Å². The molecule has 2 N–H and O–H groups in total. The van der Waals surface area contributed by atoms with E-state index < -0.39 is 79.8 Å². The summed E-state index contributed by atoms with van der Waals surface area (Å²) in [4.78, 5) is 24.2. The lowest BCUT2D eigenvalue weighted by Crippen LogP contribution is -2.59. The van der Waals surface area contributed by atoms with E-state index in [1.54, 1.807) is 12.1 Å². The third-order valence-corrected chi connectivity index (χ3v) is 9.72. The van der Waals surface area contributed by atoms with E-state index >= 15 is 0 Å². The highest BCUT2D eigenvalue weighted by Crippen LogP contribution is 2.36. The van der Waals surface area contributed by atoms with Crippen molar-refractivity contribution in [2.24, 2.45) is 0 Å². The first kappa shape index (κ1) is 31.3. The molecule has 0 aromatic heterocycles. The standard InChI is InChI=1S/C29H25F5N2O7S/c30-22-23(31)25(33)27(26(34)24(22)32)44(41,42)36-10-7-20(36)28(38)35(18-5-6-19(29(39)40)21(37)13-18)14-15-1-3-16(4-2-15)17-8-11-43-12-9-17/h1-6,13,17,20,37H,7-12,14H2,(H,39,40)/t20-/m1/s1. The predicted octanol–water partition coefficient (Wildman–Crippen LogP) is 4.68. The Hall–Kier alpha value is -4.08. The van der Waals surface area contributed by atoms with Crippen LogP contribution in [0.2, 0.25) is 0 Å². The Balaban J connectivity index is 1.49. The molecule has 0 aliphatic carbocycles. The molecule has 0 spiro atoms. The van der Waals surface area contributed by atoms with Crippen molar-refractivity contribution in [3.63, 3.8) is 0 Å². The number of rotatable bonds is 8. The van der Waals surface area contributed by atoms with E-state index in [-0.39, 0.29) is 24.6 Å². The fraction of sp³-hybridized carbons (Fsp3) is 0.310. The van der Waals surface area contributed by atoms with Crippen LogP contribution in [-0.2, 0) is 26.1 Å². The van der Waals surface area contributed by atoms with E-state index in [0.29, 0.717) is 23.1 Å². The van der Waals surface area contributed by atoms with Crippen molar-refractivity contribution in [3.05, 3.63) is 88.2 Å². The number of carboxylic acid groups (broad SMARTS) is 1. The number of sulfonamides is 1. The van der Waals surface area contributed by atoms with Gasteiger partial charge in [0.1, 0.15) is 17.4 Å². The van der Waals surface area contributed by atoms with Gasteiger partial charge >= 0.3 is 5.97 Å². The predicted molar refractivity (Wildman–Crippen MR) is 144 cm³/mol. The average Bonchev–Trinajstić information content (AvgIpc) is 2.97. The van der Waals surface area contributed by atoms with Gasteiger partial charge in [0.25, 0.3) is 0 Å². The summed E-state index contributed by atoms with van der Waals surface area (Å²) in [5, 5.41) is 19.6. The molecule has 9 nitrogen and oxygen atoms in total. The van der Waals surface area contributed by atoms with Crippen LogP contribution in [0.5, 0.6) is 5.75 Å². The maximum atomic E-state index is 14.5. The van der Waals surface area contributed by atoms with Crippen LogP contribution in [0.25, 0.3) is 0 Å². The zero-order chi connectivity index (χ0) is 31.9. The lowest BCUT2D eigenvalue weighted by Gasteiger charge is -2.41. The third-order valence-electron chi connectivity index (χ3n) is 7.79. The van der Waals surface area contributed by atoms with Gasteiger partial charge in [0.05, 0.1) is 6.54 Å². The van der Waals surface area contributed by atoms with E-state index in [1.807, 2.05) is 12.1 Å². The number of hydrogen-bond acceptors (Lipinski definition) is 6. The Kier molecular flexibility index (Phi) is 8.64. The Morgan fingerprint density at radius 1 is 0.886 bits per heavy atom. The SMILES string of the molecule is O=C(O)c1ccc(N(Cc2ccc(C3CCOCC3)cc2)C(=O)[C@H]2CCN2S(=O)(=O)c2c(F)c(F)c(F)c(F)c2F)cc1O.